The van der Waals surface area contributed by atoms with Crippen molar-refractivity contribution in [2.75, 3.05) is 5.32 Å². The number of nitrogens with zero attached hydrogens (tertiary/aromatic N) is 2. The number of aromatic nitrogens is 2. The Labute approximate surface area is 68.7 Å². The van der Waals surface area contributed by atoms with Crippen LogP contribution in [0, 0.1) is 0 Å². The summed E-state index contributed by atoms with van der Waals surface area (Å²) in [6.07, 6.45) is 0.976. The molecule has 0 fully saturated rings. The number of hydrogen-bond acceptors (Lipinski definition) is 4. The van der Waals surface area contributed by atoms with Crippen molar-refractivity contribution in [2.24, 2.45) is 12.8 Å². The first-order chi connectivity index (χ1) is 5.68. The molecule has 2 rings (SSSR count). The Balaban J connectivity index is 2.50. The Hall–Kier alpha value is -1.56. The fourth-order valence-electron chi connectivity index (χ4n) is 1.18. The molecule has 0 spiro atoms. The fourth-order valence-corrected chi connectivity index (χ4v) is 1.18. The number of aryl methyl sites for hydroxylation is 1. The molecule has 1 aromatic heterocycles. The van der Waals surface area contributed by atoms with Crippen molar-refractivity contribution in [3.63, 3.8) is 0 Å². The molecule has 0 bridgehead atoms. The van der Waals surface area contributed by atoms with E-state index in [1.807, 2.05) is 0 Å². The van der Waals surface area contributed by atoms with Crippen LogP contribution in [0.5, 0.6) is 0 Å². The van der Waals surface area contributed by atoms with Crippen LogP contribution in [-0.2, 0) is 7.05 Å². The summed E-state index contributed by atoms with van der Waals surface area (Å²) in [4.78, 5) is 11.2. The van der Waals surface area contributed by atoms with Crippen LogP contribution in [0.15, 0.2) is 6.20 Å². The maximum atomic E-state index is 11.2. The predicted octanol–water partition coefficient (Wildman–Crippen LogP) is -1.18. The standard InChI is InChI=1S/C6H9N5O/c1-11-4-3(2-8-11)5(12)10-6(7)9-4/h2,6,9H,7H2,1H3,(H,10,12). The first kappa shape index (κ1) is 7.11. The van der Waals surface area contributed by atoms with Gasteiger partial charge < -0.3 is 10.6 Å². The molecule has 4 N–H and O–H groups in total. The molecule has 0 aliphatic carbocycles. The van der Waals surface area contributed by atoms with Crippen molar-refractivity contribution >= 4 is 11.7 Å². The lowest BCUT2D eigenvalue weighted by Crippen LogP contribution is -2.50. The molecular formula is C6H9N5O. The van der Waals surface area contributed by atoms with Gasteiger partial charge in [-0.1, -0.05) is 0 Å². The Morgan fingerprint density at radius 3 is 3.17 bits per heavy atom. The van der Waals surface area contributed by atoms with Gasteiger partial charge in [-0.3, -0.25) is 15.2 Å². The van der Waals surface area contributed by atoms with Crippen LogP contribution < -0.4 is 16.4 Å². The highest BCUT2D eigenvalue weighted by Gasteiger charge is 2.23. The van der Waals surface area contributed by atoms with Gasteiger partial charge in [-0.05, 0) is 0 Å². The average Bonchev–Trinajstić information content (AvgIpc) is 2.33. The van der Waals surface area contributed by atoms with Gasteiger partial charge >= 0.3 is 0 Å². The number of carbonyl (C=O) groups excluding carboxylic acids is 1. The zero-order valence-corrected chi connectivity index (χ0v) is 6.53. The summed E-state index contributed by atoms with van der Waals surface area (Å²) in [6.45, 7) is 0. The first-order valence-electron chi connectivity index (χ1n) is 3.53. The molecule has 6 nitrogen and oxygen atoms in total. The zero-order chi connectivity index (χ0) is 8.72. The summed E-state index contributed by atoms with van der Waals surface area (Å²) in [5.41, 5.74) is 6.01. The van der Waals surface area contributed by atoms with Gasteiger partial charge in [0.25, 0.3) is 5.91 Å². The molecule has 0 saturated heterocycles. The molecule has 64 valence electrons. The summed E-state index contributed by atoms with van der Waals surface area (Å²) in [7, 11) is 1.75. The molecule has 1 aliphatic heterocycles. The Kier molecular flexibility index (Phi) is 1.31. The average molecular weight is 167 g/mol. The van der Waals surface area contributed by atoms with E-state index in [9.17, 15) is 4.79 Å². The minimum absolute atomic E-state index is 0.190. The van der Waals surface area contributed by atoms with Gasteiger partial charge in [0.15, 0.2) is 6.29 Å². The van der Waals surface area contributed by atoms with Crippen LogP contribution in [0.2, 0.25) is 0 Å². The van der Waals surface area contributed by atoms with E-state index in [1.54, 1.807) is 11.7 Å². The molecule has 6 heteroatoms. The van der Waals surface area contributed by atoms with Crippen LogP contribution >= 0.6 is 0 Å². The molecule has 12 heavy (non-hydrogen) atoms. The molecule has 1 unspecified atom stereocenters. The van der Waals surface area contributed by atoms with Crippen molar-refractivity contribution in [3.05, 3.63) is 11.8 Å². The van der Waals surface area contributed by atoms with Gasteiger partial charge in [-0.2, -0.15) is 5.10 Å². The summed E-state index contributed by atoms with van der Waals surface area (Å²) >= 11 is 0. The largest absolute Gasteiger partial charge is 0.337 e. The molecule has 1 aromatic rings. The smallest absolute Gasteiger partial charge is 0.259 e. The van der Waals surface area contributed by atoms with Gasteiger partial charge in [0.2, 0.25) is 0 Å². The minimum atomic E-state index is -0.527. The minimum Gasteiger partial charge on any atom is -0.337 e. The Morgan fingerprint density at radius 1 is 1.67 bits per heavy atom. The number of amides is 1. The number of hydrogen-bond donors (Lipinski definition) is 3. The molecule has 1 aliphatic rings. The highest BCUT2D eigenvalue weighted by Crippen LogP contribution is 2.16. The van der Waals surface area contributed by atoms with E-state index in [0.717, 1.165) is 0 Å². The maximum absolute atomic E-state index is 11.2. The van der Waals surface area contributed by atoms with E-state index < -0.39 is 6.29 Å². The summed E-state index contributed by atoms with van der Waals surface area (Å²) in [5.74, 6) is 0.468. The van der Waals surface area contributed by atoms with Crippen LogP contribution in [0.3, 0.4) is 0 Å². The number of nitrogens with two attached hydrogens (primary N) is 1. The number of fused-ring (bicyclic) bond motifs is 1. The summed E-state index contributed by atoms with van der Waals surface area (Å²) in [5, 5.41) is 9.33. The number of nitrogens with one attached hydrogen (secondary N) is 2. The molecule has 0 radical (unpaired) electrons. The van der Waals surface area contributed by atoms with Gasteiger partial charge in [-0.15, -0.1) is 0 Å². The quantitative estimate of drug-likeness (QED) is 0.454. The number of anilines is 1. The van der Waals surface area contributed by atoms with E-state index in [1.165, 1.54) is 6.20 Å². The molecular weight excluding hydrogens is 158 g/mol. The lowest BCUT2D eigenvalue weighted by Gasteiger charge is -2.22. The maximum Gasteiger partial charge on any atom is 0.259 e. The van der Waals surface area contributed by atoms with Gasteiger partial charge in [0.1, 0.15) is 11.4 Å². The van der Waals surface area contributed by atoms with Crippen molar-refractivity contribution in [2.45, 2.75) is 6.29 Å². The Bertz CT molecular complexity index is 331. The van der Waals surface area contributed by atoms with E-state index in [4.69, 9.17) is 5.73 Å². The topological polar surface area (TPSA) is 85.0 Å². The van der Waals surface area contributed by atoms with Crippen molar-refractivity contribution < 1.29 is 4.79 Å². The van der Waals surface area contributed by atoms with Crippen molar-refractivity contribution in [1.29, 1.82) is 0 Å². The highest BCUT2D eigenvalue weighted by atomic mass is 16.2. The van der Waals surface area contributed by atoms with Gasteiger partial charge in [0.05, 0.1) is 6.20 Å². The van der Waals surface area contributed by atoms with Crippen LogP contribution in [0.25, 0.3) is 0 Å². The highest BCUT2D eigenvalue weighted by molar-refractivity contribution is 6.00. The van der Waals surface area contributed by atoms with E-state index in [0.29, 0.717) is 11.4 Å². The van der Waals surface area contributed by atoms with Crippen LogP contribution in [0.1, 0.15) is 10.4 Å². The van der Waals surface area contributed by atoms with Gasteiger partial charge in [-0.25, -0.2) is 0 Å². The lowest BCUT2D eigenvalue weighted by atomic mass is 10.2. The summed E-state index contributed by atoms with van der Waals surface area (Å²) < 4.78 is 1.58. The second-order valence-corrected chi connectivity index (χ2v) is 2.63. The number of rotatable bonds is 0. The third-order valence-corrected chi connectivity index (χ3v) is 1.76. The van der Waals surface area contributed by atoms with Crippen molar-refractivity contribution in [1.82, 2.24) is 15.1 Å². The SMILES string of the molecule is Cn1ncc2c1NC(N)NC2=O. The zero-order valence-electron chi connectivity index (χ0n) is 6.53. The normalized spacial score (nSPS) is 21.2. The molecule has 0 saturated carbocycles. The molecule has 1 atom stereocenters. The predicted molar refractivity (Wildman–Crippen MR) is 42.3 cm³/mol. The van der Waals surface area contributed by atoms with Crippen LogP contribution in [0.4, 0.5) is 5.82 Å². The van der Waals surface area contributed by atoms with E-state index >= 15 is 0 Å². The Morgan fingerprint density at radius 2 is 2.42 bits per heavy atom. The van der Waals surface area contributed by atoms with Crippen LogP contribution in [-0.4, -0.2) is 22.0 Å². The van der Waals surface area contributed by atoms with E-state index in [2.05, 4.69) is 15.7 Å². The van der Waals surface area contributed by atoms with Crippen molar-refractivity contribution in [3.8, 4) is 0 Å². The first-order valence-corrected chi connectivity index (χ1v) is 3.53. The second-order valence-electron chi connectivity index (χ2n) is 2.63. The van der Waals surface area contributed by atoms with E-state index in [-0.39, 0.29) is 5.91 Å². The molecule has 1 amide bonds. The third-order valence-electron chi connectivity index (χ3n) is 1.76. The molecule has 0 aromatic carbocycles. The molecule has 2 heterocycles. The number of carbonyl (C=O) groups is 1. The monoisotopic (exact) mass is 167 g/mol. The fraction of sp³-hybridized carbons (Fsp3) is 0.333. The summed E-state index contributed by atoms with van der Waals surface area (Å²) in [6, 6.07) is 0. The lowest BCUT2D eigenvalue weighted by molar-refractivity contribution is 0.0937. The third kappa shape index (κ3) is 0.850. The second kappa shape index (κ2) is 2.21. The van der Waals surface area contributed by atoms with Gasteiger partial charge in [0, 0.05) is 7.05 Å².